The standard InChI is InChI=1S/C23H28O2/c1-7-9-18(8-2)21(19-12-14(3)10-16(5)22(19)24)20-13-15(4)11-17(6)23(20)25/h7-8,10-13,18,21,24-25H,1-2,9H2,3-6H3. The quantitative estimate of drug-likeness (QED) is 0.650. The summed E-state index contributed by atoms with van der Waals surface area (Å²) in [7, 11) is 0. The largest absolute Gasteiger partial charge is 0.507 e. The molecule has 0 aliphatic rings. The van der Waals surface area contributed by atoms with Crippen molar-refractivity contribution in [1.82, 2.24) is 0 Å². The fourth-order valence-corrected chi connectivity index (χ4v) is 3.65. The monoisotopic (exact) mass is 336 g/mol. The van der Waals surface area contributed by atoms with E-state index in [1.807, 2.05) is 64.1 Å². The van der Waals surface area contributed by atoms with Crippen LogP contribution in [0, 0.1) is 33.6 Å². The van der Waals surface area contributed by atoms with Gasteiger partial charge in [0.05, 0.1) is 0 Å². The van der Waals surface area contributed by atoms with E-state index in [0.29, 0.717) is 6.42 Å². The summed E-state index contributed by atoms with van der Waals surface area (Å²) in [6.07, 6.45) is 4.46. The molecule has 2 rings (SSSR count). The summed E-state index contributed by atoms with van der Waals surface area (Å²) in [6, 6.07) is 7.94. The highest BCUT2D eigenvalue weighted by Crippen LogP contribution is 2.44. The Bertz CT molecular complexity index is 745. The molecular weight excluding hydrogens is 308 g/mol. The van der Waals surface area contributed by atoms with Crippen LogP contribution in [-0.4, -0.2) is 10.2 Å². The lowest BCUT2D eigenvalue weighted by atomic mass is 9.76. The molecule has 2 aromatic carbocycles. The van der Waals surface area contributed by atoms with Gasteiger partial charge in [-0.2, -0.15) is 0 Å². The molecule has 2 nitrogen and oxygen atoms in total. The zero-order valence-corrected chi connectivity index (χ0v) is 15.6. The topological polar surface area (TPSA) is 40.5 Å². The number of allylic oxidation sites excluding steroid dienone is 2. The number of phenolic OH excluding ortho intramolecular Hbond substituents is 2. The van der Waals surface area contributed by atoms with Crippen LogP contribution in [0.2, 0.25) is 0 Å². The van der Waals surface area contributed by atoms with Gasteiger partial charge in [0.1, 0.15) is 11.5 Å². The van der Waals surface area contributed by atoms with Gasteiger partial charge in [-0.15, -0.1) is 13.2 Å². The third-order valence-corrected chi connectivity index (χ3v) is 4.79. The van der Waals surface area contributed by atoms with Gasteiger partial charge < -0.3 is 10.2 Å². The maximum atomic E-state index is 10.8. The molecule has 132 valence electrons. The van der Waals surface area contributed by atoms with Crippen molar-refractivity contribution in [3.05, 3.63) is 83.0 Å². The van der Waals surface area contributed by atoms with Gasteiger partial charge in [-0.3, -0.25) is 0 Å². The molecule has 0 saturated heterocycles. The maximum Gasteiger partial charge on any atom is 0.122 e. The number of hydrogen-bond donors (Lipinski definition) is 2. The summed E-state index contributed by atoms with van der Waals surface area (Å²) in [5, 5.41) is 21.5. The molecule has 0 aromatic heterocycles. The lowest BCUT2D eigenvalue weighted by Gasteiger charge is -2.28. The first-order chi connectivity index (χ1) is 11.8. The number of aryl methyl sites for hydroxylation is 4. The second-order valence-corrected chi connectivity index (χ2v) is 6.94. The summed E-state index contributed by atoms with van der Waals surface area (Å²) in [5.41, 5.74) is 5.49. The van der Waals surface area contributed by atoms with Crippen LogP contribution >= 0.6 is 0 Å². The molecule has 1 atom stereocenters. The average molecular weight is 336 g/mol. The lowest BCUT2D eigenvalue weighted by Crippen LogP contribution is -2.14. The second-order valence-electron chi connectivity index (χ2n) is 6.94. The van der Waals surface area contributed by atoms with Crippen molar-refractivity contribution in [3.63, 3.8) is 0 Å². The molecular formula is C23H28O2. The van der Waals surface area contributed by atoms with Crippen LogP contribution in [0.4, 0.5) is 0 Å². The zero-order chi connectivity index (χ0) is 18.7. The number of aromatic hydroxyl groups is 2. The van der Waals surface area contributed by atoms with Gasteiger partial charge in [0.2, 0.25) is 0 Å². The van der Waals surface area contributed by atoms with Gasteiger partial charge in [0, 0.05) is 17.0 Å². The minimum absolute atomic E-state index is 0.0247. The summed E-state index contributed by atoms with van der Waals surface area (Å²) < 4.78 is 0. The first-order valence-corrected chi connectivity index (χ1v) is 8.63. The molecule has 0 spiro atoms. The van der Waals surface area contributed by atoms with Crippen molar-refractivity contribution < 1.29 is 10.2 Å². The van der Waals surface area contributed by atoms with E-state index in [1.54, 1.807) is 0 Å². The van der Waals surface area contributed by atoms with Gasteiger partial charge in [0.15, 0.2) is 0 Å². The minimum Gasteiger partial charge on any atom is -0.507 e. The second kappa shape index (κ2) is 7.60. The van der Waals surface area contributed by atoms with Crippen LogP contribution in [0.5, 0.6) is 11.5 Å². The van der Waals surface area contributed by atoms with E-state index in [1.165, 1.54) is 0 Å². The maximum absolute atomic E-state index is 10.8. The highest BCUT2D eigenvalue weighted by molar-refractivity contribution is 5.54. The summed E-state index contributed by atoms with van der Waals surface area (Å²) in [5.74, 6) is 0.402. The van der Waals surface area contributed by atoms with E-state index < -0.39 is 0 Å². The van der Waals surface area contributed by atoms with Gasteiger partial charge >= 0.3 is 0 Å². The molecule has 0 heterocycles. The first-order valence-electron chi connectivity index (χ1n) is 8.63. The number of hydrogen-bond acceptors (Lipinski definition) is 2. The summed E-state index contributed by atoms with van der Waals surface area (Å²) in [4.78, 5) is 0. The van der Waals surface area contributed by atoms with Crippen molar-refractivity contribution in [1.29, 1.82) is 0 Å². The molecule has 0 aliphatic heterocycles. The summed E-state index contributed by atoms with van der Waals surface area (Å²) in [6.45, 7) is 15.7. The Kier molecular flexibility index (Phi) is 5.73. The number of rotatable bonds is 6. The third kappa shape index (κ3) is 3.79. The van der Waals surface area contributed by atoms with E-state index >= 15 is 0 Å². The fraction of sp³-hybridized carbons (Fsp3) is 0.304. The van der Waals surface area contributed by atoms with Crippen molar-refractivity contribution >= 4 is 0 Å². The Morgan fingerprint density at radius 2 is 1.28 bits per heavy atom. The predicted octanol–water partition coefficient (Wildman–Crippen LogP) is 5.84. The van der Waals surface area contributed by atoms with Crippen molar-refractivity contribution in [2.45, 2.75) is 40.0 Å². The van der Waals surface area contributed by atoms with E-state index in [2.05, 4.69) is 13.2 Å². The van der Waals surface area contributed by atoms with Gasteiger partial charge in [-0.1, -0.05) is 47.5 Å². The van der Waals surface area contributed by atoms with E-state index in [0.717, 1.165) is 33.4 Å². The minimum atomic E-state index is -0.187. The lowest BCUT2D eigenvalue weighted by molar-refractivity contribution is 0.434. The first kappa shape index (κ1) is 18.9. The predicted molar refractivity (Wildman–Crippen MR) is 106 cm³/mol. The molecule has 0 radical (unpaired) electrons. The Morgan fingerprint density at radius 1 is 0.840 bits per heavy atom. The number of benzene rings is 2. The van der Waals surface area contributed by atoms with Crippen LogP contribution in [0.25, 0.3) is 0 Å². The summed E-state index contributed by atoms with van der Waals surface area (Å²) >= 11 is 0. The fourth-order valence-electron chi connectivity index (χ4n) is 3.65. The van der Waals surface area contributed by atoms with Crippen molar-refractivity contribution in [3.8, 4) is 11.5 Å². The normalized spacial score (nSPS) is 12.2. The van der Waals surface area contributed by atoms with E-state index in [-0.39, 0.29) is 23.3 Å². The van der Waals surface area contributed by atoms with Crippen LogP contribution in [-0.2, 0) is 0 Å². The van der Waals surface area contributed by atoms with Crippen LogP contribution in [0.15, 0.2) is 49.6 Å². The average Bonchev–Trinajstić information content (AvgIpc) is 2.55. The molecule has 0 aliphatic carbocycles. The Hall–Kier alpha value is -2.48. The molecule has 1 unspecified atom stereocenters. The highest BCUT2D eigenvalue weighted by Gasteiger charge is 2.28. The Morgan fingerprint density at radius 3 is 1.64 bits per heavy atom. The van der Waals surface area contributed by atoms with Crippen molar-refractivity contribution in [2.75, 3.05) is 0 Å². The van der Waals surface area contributed by atoms with Gasteiger partial charge in [-0.05, 0) is 51.2 Å². The molecule has 25 heavy (non-hydrogen) atoms. The molecule has 2 N–H and O–H groups in total. The van der Waals surface area contributed by atoms with Gasteiger partial charge in [0.25, 0.3) is 0 Å². The van der Waals surface area contributed by atoms with Crippen LogP contribution in [0.3, 0.4) is 0 Å². The zero-order valence-electron chi connectivity index (χ0n) is 15.6. The van der Waals surface area contributed by atoms with E-state index in [4.69, 9.17) is 0 Å². The van der Waals surface area contributed by atoms with Crippen LogP contribution < -0.4 is 0 Å². The SMILES string of the molecule is C=CCC(C=C)C(c1cc(C)cc(C)c1O)c1cc(C)cc(C)c1O. The van der Waals surface area contributed by atoms with E-state index in [9.17, 15) is 10.2 Å². The molecule has 2 heteroatoms. The molecule has 0 saturated carbocycles. The Balaban J connectivity index is 2.80. The molecule has 0 amide bonds. The Labute approximate surface area is 151 Å². The number of phenols is 2. The highest BCUT2D eigenvalue weighted by atomic mass is 16.3. The van der Waals surface area contributed by atoms with Crippen LogP contribution in [0.1, 0.15) is 45.7 Å². The van der Waals surface area contributed by atoms with Crippen molar-refractivity contribution in [2.24, 2.45) is 5.92 Å². The molecule has 0 bridgehead atoms. The molecule has 2 aromatic rings. The smallest absolute Gasteiger partial charge is 0.122 e. The third-order valence-electron chi connectivity index (χ3n) is 4.79. The molecule has 0 fully saturated rings. The van der Waals surface area contributed by atoms with Gasteiger partial charge in [-0.25, -0.2) is 0 Å².